The molecule has 1 aromatic carbocycles. The second kappa shape index (κ2) is 7.98. The molecule has 4 nitrogen and oxygen atoms in total. The van der Waals surface area contributed by atoms with E-state index in [4.69, 9.17) is 5.73 Å². The lowest BCUT2D eigenvalue weighted by molar-refractivity contribution is 0.498. The van der Waals surface area contributed by atoms with Gasteiger partial charge in [0, 0.05) is 35.6 Å². The van der Waals surface area contributed by atoms with Gasteiger partial charge in [0.05, 0.1) is 15.1 Å². The molecule has 0 atom stereocenters. The average Bonchev–Trinajstić information content (AvgIpc) is 3.10. The average molecular weight is 391 g/mol. The number of rotatable bonds is 4. The number of nitrogens with one attached hydrogen (secondary N) is 1. The van der Waals surface area contributed by atoms with Crippen molar-refractivity contribution in [1.82, 2.24) is 10.3 Å². The summed E-state index contributed by atoms with van der Waals surface area (Å²) >= 11 is 1.66. The van der Waals surface area contributed by atoms with Gasteiger partial charge >= 0.3 is 0 Å². The highest BCUT2D eigenvalue weighted by Crippen LogP contribution is 2.31. The Bertz CT molecular complexity index is 1050. The van der Waals surface area contributed by atoms with E-state index >= 15 is 0 Å². The first-order chi connectivity index (χ1) is 13.3. The van der Waals surface area contributed by atoms with Crippen LogP contribution >= 0.6 is 11.3 Å². The van der Waals surface area contributed by atoms with Crippen molar-refractivity contribution in [3.8, 4) is 11.1 Å². The van der Waals surface area contributed by atoms with Gasteiger partial charge < -0.3 is 11.1 Å². The van der Waals surface area contributed by atoms with Crippen LogP contribution in [0.15, 0.2) is 72.0 Å². The first kappa shape index (κ1) is 19.8. The van der Waals surface area contributed by atoms with Crippen LogP contribution in [0.3, 0.4) is 0 Å². The summed E-state index contributed by atoms with van der Waals surface area (Å²) in [6, 6.07) is 14.5. The number of benzene rings is 1. The highest BCUT2D eigenvalue weighted by Gasteiger charge is 2.15. The van der Waals surface area contributed by atoms with E-state index in [1.54, 1.807) is 18.4 Å². The Hall–Kier alpha value is -2.92. The zero-order chi connectivity index (χ0) is 20.3. The van der Waals surface area contributed by atoms with Crippen LogP contribution in [0, 0.1) is 5.41 Å². The van der Waals surface area contributed by atoms with E-state index in [1.165, 1.54) is 0 Å². The van der Waals surface area contributed by atoms with Gasteiger partial charge in [-0.05, 0) is 23.8 Å². The Kier molecular flexibility index (Phi) is 5.66. The Morgan fingerprint density at radius 2 is 1.89 bits per heavy atom. The van der Waals surface area contributed by atoms with Crippen molar-refractivity contribution in [2.45, 2.75) is 20.8 Å². The van der Waals surface area contributed by atoms with Gasteiger partial charge in [0.1, 0.15) is 5.84 Å². The fourth-order valence-corrected chi connectivity index (χ4v) is 3.57. The molecular weight excluding hydrogens is 364 g/mol. The summed E-state index contributed by atoms with van der Waals surface area (Å²) in [5.74, 6) is 0.688. The lowest BCUT2D eigenvalue weighted by Crippen LogP contribution is -2.24. The molecule has 0 saturated heterocycles. The molecule has 0 bridgehead atoms. The monoisotopic (exact) mass is 390 g/mol. The van der Waals surface area contributed by atoms with Crippen molar-refractivity contribution in [2.75, 3.05) is 7.05 Å². The normalized spacial score (nSPS) is 13.0. The number of hydrogen-bond acceptors (Lipinski definition) is 4. The maximum atomic E-state index is 6.18. The summed E-state index contributed by atoms with van der Waals surface area (Å²) < 4.78 is 1.12. The zero-order valence-electron chi connectivity index (χ0n) is 16.8. The number of nitrogens with two attached hydrogens (primary N) is 1. The van der Waals surface area contributed by atoms with Gasteiger partial charge in [-0.1, -0.05) is 57.7 Å². The number of aliphatic imine (C=N–C) groups is 1. The highest BCUT2D eigenvalue weighted by molar-refractivity contribution is 7.20. The fourth-order valence-electron chi connectivity index (χ4n) is 2.59. The topological polar surface area (TPSA) is 63.3 Å². The van der Waals surface area contributed by atoms with Gasteiger partial charge in [-0.15, -0.1) is 11.3 Å². The van der Waals surface area contributed by atoms with E-state index in [9.17, 15) is 0 Å². The number of pyridine rings is 1. The van der Waals surface area contributed by atoms with Crippen molar-refractivity contribution in [3.05, 3.63) is 71.9 Å². The summed E-state index contributed by atoms with van der Waals surface area (Å²) in [5, 5.41) is 3.27. The van der Waals surface area contributed by atoms with E-state index in [0.717, 1.165) is 37.6 Å². The summed E-state index contributed by atoms with van der Waals surface area (Å²) in [6.07, 6.45) is 3.78. The van der Waals surface area contributed by atoms with Crippen molar-refractivity contribution >= 4 is 33.1 Å². The molecule has 0 saturated carbocycles. The number of nitrogens with zero attached hydrogens (tertiary/aromatic N) is 2. The van der Waals surface area contributed by atoms with E-state index in [-0.39, 0.29) is 5.41 Å². The second-order valence-corrected chi connectivity index (χ2v) is 8.73. The number of hydrogen-bond donors (Lipinski definition) is 2. The van der Waals surface area contributed by atoms with Crippen molar-refractivity contribution in [3.63, 3.8) is 0 Å². The van der Waals surface area contributed by atoms with Gasteiger partial charge in [-0.3, -0.25) is 9.98 Å². The minimum atomic E-state index is -0.117. The Morgan fingerprint density at radius 1 is 1.18 bits per heavy atom. The van der Waals surface area contributed by atoms with Crippen LogP contribution < -0.4 is 11.1 Å². The third-order valence-electron chi connectivity index (χ3n) is 4.45. The molecule has 3 aromatic rings. The molecule has 0 spiro atoms. The number of amidine groups is 1. The molecule has 0 aliphatic heterocycles. The lowest BCUT2D eigenvalue weighted by Gasteiger charge is -2.19. The number of allylic oxidation sites excluding steroid dienone is 1. The maximum absolute atomic E-state index is 6.18. The first-order valence-corrected chi connectivity index (χ1v) is 9.95. The van der Waals surface area contributed by atoms with Crippen LogP contribution in [0.1, 0.15) is 25.6 Å². The van der Waals surface area contributed by atoms with Gasteiger partial charge in [0.2, 0.25) is 0 Å². The molecule has 3 N–H and O–H groups in total. The van der Waals surface area contributed by atoms with Gasteiger partial charge in [0.15, 0.2) is 0 Å². The largest absolute Gasteiger partial charge is 0.401 e. The third kappa shape index (κ3) is 4.49. The SMILES string of the molecule is C=C(NC(/C=C(\N)C(C)(C)C)=NC)c1cc2ncc(-c3ccccc3)cc2s1. The van der Waals surface area contributed by atoms with Crippen molar-refractivity contribution in [2.24, 2.45) is 16.1 Å². The fraction of sp³-hybridized carbons (Fsp3) is 0.217. The van der Waals surface area contributed by atoms with Crippen LogP contribution in [0.25, 0.3) is 27.0 Å². The third-order valence-corrected chi connectivity index (χ3v) is 5.58. The Balaban J connectivity index is 1.84. The molecule has 144 valence electrons. The van der Waals surface area contributed by atoms with Gasteiger partial charge in [-0.2, -0.15) is 0 Å². The molecule has 0 fully saturated rings. The van der Waals surface area contributed by atoms with Crippen molar-refractivity contribution in [1.29, 1.82) is 0 Å². The summed E-state index contributed by atoms with van der Waals surface area (Å²) in [6.45, 7) is 10.4. The quantitative estimate of drug-likeness (QED) is 0.460. The second-order valence-electron chi connectivity index (χ2n) is 7.65. The molecule has 2 heterocycles. The minimum absolute atomic E-state index is 0.117. The first-order valence-electron chi connectivity index (χ1n) is 9.13. The molecule has 3 rings (SSSR count). The summed E-state index contributed by atoms with van der Waals surface area (Å²) in [5.41, 5.74) is 10.8. The Morgan fingerprint density at radius 3 is 2.54 bits per heavy atom. The number of fused-ring (bicyclic) bond motifs is 1. The maximum Gasteiger partial charge on any atom is 0.126 e. The van der Waals surface area contributed by atoms with E-state index in [2.05, 4.69) is 60.8 Å². The predicted molar refractivity (Wildman–Crippen MR) is 122 cm³/mol. The number of aromatic nitrogens is 1. The summed E-state index contributed by atoms with van der Waals surface area (Å²) in [7, 11) is 1.74. The van der Waals surface area contributed by atoms with Gasteiger partial charge in [0.25, 0.3) is 0 Å². The molecule has 0 unspecified atom stereocenters. The summed E-state index contributed by atoms with van der Waals surface area (Å²) in [4.78, 5) is 9.94. The van der Waals surface area contributed by atoms with E-state index in [0.29, 0.717) is 5.84 Å². The molecular formula is C23H26N4S. The zero-order valence-corrected chi connectivity index (χ0v) is 17.6. The highest BCUT2D eigenvalue weighted by atomic mass is 32.1. The van der Waals surface area contributed by atoms with Crippen LogP contribution in [0.2, 0.25) is 0 Å². The molecule has 28 heavy (non-hydrogen) atoms. The molecule has 2 aromatic heterocycles. The molecule has 0 aliphatic rings. The molecule has 0 radical (unpaired) electrons. The predicted octanol–water partition coefficient (Wildman–Crippen LogP) is 5.44. The molecule has 0 aliphatic carbocycles. The van der Waals surface area contributed by atoms with Crippen LogP contribution in [0.4, 0.5) is 0 Å². The van der Waals surface area contributed by atoms with Crippen LogP contribution in [0.5, 0.6) is 0 Å². The minimum Gasteiger partial charge on any atom is -0.401 e. The number of thiophene rings is 1. The van der Waals surface area contributed by atoms with E-state index < -0.39 is 0 Å². The molecule has 5 heteroatoms. The molecule has 0 amide bonds. The Labute approximate surface area is 170 Å². The standard InChI is InChI=1S/C23H26N4S/c1-15(27-22(25-5)13-21(24)23(2,3)4)19-12-18-20(28-19)11-17(14-26-18)16-9-7-6-8-10-16/h6-14H,1,24H2,2-5H3,(H,25,27)/b21-13-. The van der Waals surface area contributed by atoms with Crippen molar-refractivity contribution < 1.29 is 0 Å². The lowest BCUT2D eigenvalue weighted by atomic mass is 9.92. The van der Waals surface area contributed by atoms with Crippen LogP contribution in [-0.4, -0.2) is 17.9 Å². The van der Waals surface area contributed by atoms with Crippen LogP contribution in [-0.2, 0) is 0 Å². The van der Waals surface area contributed by atoms with Gasteiger partial charge in [-0.25, -0.2) is 0 Å². The smallest absolute Gasteiger partial charge is 0.126 e. The van der Waals surface area contributed by atoms with E-state index in [1.807, 2.05) is 36.5 Å².